The Kier molecular flexibility index (Phi) is 3.94. The van der Waals surface area contributed by atoms with Crippen molar-refractivity contribution >= 4 is 5.91 Å². The average Bonchev–Trinajstić information content (AvgIpc) is 3.04. The third kappa shape index (κ3) is 2.98. The summed E-state index contributed by atoms with van der Waals surface area (Å²) in [5, 5.41) is 6.47. The number of aryl methyl sites for hydroxylation is 1. The largest absolute Gasteiger partial charge is 0.448 e. The van der Waals surface area contributed by atoms with E-state index in [4.69, 9.17) is 8.94 Å². The lowest BCUT2D eigenvalue weighted by molar-refractivity contribution is 0.0943. The summed E-state index contributed by atoms with van der Waals surface area (Å²) < 4.78 is 10.1. The van der Waals surface area contributed by atoms with Crippen LogP contribution < -0.4 is 5.32 Å². The molecule has 7 nitrogen and oxygen atoms in total. The first-order valence-electron chi connectivity index (χ1n) is 6.14. The number of carbonyl (C=O) groups excluding carboxylic acids is 1. The molecule has 0 aliphatic carbocycles. The predicted molar refractivity (Wildman–Crippen MR) is 65.4 cm³/mol. The summed E-state index contributed by atoms with van der Waals surface area (Å²) in [5.41, 5.74) is 0.301. The molecule has 0 radical (unpaired) electrons. The number of amides is 1. The number of nitrogens with one attached hydrogen (secondary N) is 1. The molecule has 7 heteroatoms. The van der Waals surface area contributed by atoms with Gasteiger partial charge in [0.15, 0.2) is 17.9 Å². The Hall–Kier alpha value is -2.18. The summed E-state index contributed by atoms with van der Waals surface area (Å²) in [6.45, 7) is 6.01. The number of rotatable bonds is 5. The van der Waals surface area contributed by atoms with Gasteiger partial charge in [0, 0.05) is 12.3 Å². The zero-order chi connectivity index (χ0) is 13.8. The van der Waals surface area contributed by atoms with E-state index in [0.717, 1.165) is 0 Å². The van der Waals surface area contributed by atoms with Gasteiger partial charge in [0.2, 0.25) is 5.89 Å². The smallest absolute Gasteiger partial charge is 0.273 e. The van der Waals surface area contributed by atoms with E-state index >= 15 is 0 Å². The minimum atomic E-state index is -0.304. The molecule has 2 aromatic rings. The van der Waals surface area contributed by atoms with Crippen molar-refractivity contribution in [3.8, 4) is 0 Å². The van der Waals surface area contributed by atoms with Crippen molar-refractivity contribution in [3.05, 3.63) is 29.6 Å². The summed E-state index contributed by atoms with van der Waals surface area (Å²) in [6.07, 6.45) is 1.88. The predicted octanol–water partition coefficient (Wildman–Crippen LogP) is 1.67. The molecular weight excluding hydrogens is 248 g/mol. The highest BCUT2D eigenvalue weighted by molar-refractivity contribution is 5.93. The van der Waals surface area contributed by atoms with Crippen LogP contribution in [0.4, 0.5) is 0 Å². The molecule has 0 unspecified atom stereocenters. The molecule has 0 fully saturated rings. The molecule has 0 spiro atoms. The number of hydrogen-bond donors (Lipinski definition) is 1. The van der Waals surface area contributed by atoms with Gasteiger partial charge >= 0.3 is 0 Å². The molecule has 1 amide bonds. The number of nitrogens with zero attached hydrogens (tertiary/aromatic N) is 3. The number of hydrogen-bond acceptors (Lipinski definition) is 6. The maximum atomic E-state index is 11.9. The first-order chi connectivity index (χ1) is 9.11. The van der Waals surface area contributed by atoms with Crippen molar-refractivity contribution in [2.45, 2.75) is 39.7 Å². The van der Waals surface area contributed by atoms with E-state index in [0.29, 0.717) is 29.6 Å². The van der Waals surface area contributed by atoms with Crippen LogP contribution in [-0.2, 0) is 13.0 Å². The van der Waals surface area contributed by atoms with Gasteiger partial charge in [0.05, 0.1) is 6.54 Å². The van der Waals surface area contributed by atoms with Crippen molar-refractivity contribution in [3.63, 3.8) is 0 Å². The second-order valence-electron chi connectivity index (χ2n) is 4.36. The first-order valence-corrected chi connectivity index (χ1v) is 6.14. The molecule has 2 heterocycles. The minimum Gasteiger partial charge on any atom is -0.448 e. The maximum absolute atomic E-state index is 11.9. The van der Waals surface area contributed by atoms with Gasteiger partial charge in [-0.05, 0) is 0 Å². The van der Waals surface area contributed by atoms with Crippen molar-refractivity contribution in [1.82, 2.24) is 20.4 Å². The van der Waals surface area contributed by atoms with Crippen LogP contribution in [0.5, 0.6) is 0 Å². The molecule has 102 valence electrons. The second-order valence-corrected chi connectivity index (χ2v) is 4.36. The molecular formula is C12H16N4O3. The Labute approximate surface area is 110 Å². The number of oxazole rings is 1. The molecule has 2 rings (SSSR count). The monoisotopic (exact) mass is 264 g/mol. The molecule has 0 aliphatic rings. The van der Waals surface area contributed by atoms with Crippen LogP contribution in [0.15, 0.2) is 15.3 Å². The normalized spacial score (nSPS) is 10.9. The summed E-state index contributed by atoms with van der Waals surface area (Å²) in [5.74, 6) is 1.42. The summed E-state index contributed by atoms with van der Waals surface area (Å²) >= 11 is 0. The minimum absolute atomic E-state index is 0.166. The quantitative estimate of drug-likeness (QED) is 0.882. The lowest BCUT2D eigenvalue weighted by Crippen LogP contribution is -2.24. The lowest BCUT2D eigenvalue weighted by Gasteiger charge is -2.00. The Morgan fingerprint density at radius 3 is 2.89 bits per heavy atom. The molecule has 0 aliphatic heterocycles. The fourth-order valence-electron chi connectivity index (χ4n) is 1.52. The standard InChI is InChI=1S/C12H16N4O3/c1-4-8-10(14-6-18-8)11(17)13-5-9-15-12(7(2)3)19-16-9/h6-7H,4-5H2,1-3H3,(H,13,17). The van der Waals surface area contributed by atoms with Crippen LogP contribution in [0.2, 0.25) is 0 Å². The first kappa shape index (κ1) is 13.3. The Balaban J connectivity index is 1.96. The van der Waals surface area contributed by atoms with Gasteiger partial charge in [-0.25, -0.2) is 4.98 Å². The zero-order valence-electron chi connectivity index (χ0n) is 11.1. The van der Waals surface area contributed by atoms with Crippen molar-refractivity contribution in [2.24, 2.45) is 0 Å². The topological polar surface area (TPSA) is 94.1 Å². The fraction of sp³-hybridized carbons (Fsp3) is 0.500. The number of carbonyl (C=O) groups is 1. The van der Waals surface area contributed by atoms with Crippen LogP contribution in [0.1, 0.15) is 54.7 Å². The molecule has 0 saturated heterocycles. The van der Waals surface area contributed by atoms with Crippen LogP contribution in [0.3, 0.4) is 0 Å². The van der Waals surface area contributed by atoms with Gasteiger partial charge in [-0.1, -0.05) is 25.9 Å². The average molecular weight is 264 g/mol. The van der Waals surface area contributed by atoms with Gasteiger partial charge in [0.25, 0.3) is 5.91 Å². The Morgan fingerprint density at radius 1 is 1.47 bits per heavy atom. The highest BCUT2D eigenvalue weighted by Gasteiger charge is 2.16. The van der Waals surface area contributed by atoms with E-state index < -0.39 is 0 Å². The molecule has 0 aromatic carbocycles. The second kappa shape index (κ2) is 5.64. The molecule has 2 aromatic heterocycles. The van der Waals surface area contributed by atoms with Gasteiger partial charge in [-0.15, -0.1) is 0 Å². The van der Waals surface area contributed by atoms with E-state index in [1.807, 2.05) is 20.8 Å². The molecule has 19 heavy (non-hydrogen) atoms. The maximum Gasteiger partial charge on any atom is 0.273 e. The van der Waals surface area contributed by atoms with E-state index in [-0.39, 0.29) is 18.4 Å². The van der Waals surface area contributed by atoms with Crippen LogP contribution in [0.25, 0.3) is 0 Å². The van der Waals surface area contributed by atoms with Crippen LogP contribution in [0, 0.1) is 0 Å². The van der Waals surface area contributed by atoms with Crippen molar-refractivity contribution in [1.29, 1.82) is 0 Å². The fourth-order valence-corrected chi connectivity index (χ4v) is 1.52. The third-order valence-electron chi connectivity index (χ3n) is 2.56. The third-order valence-corrected chi connectivity index (χ3v) is 2.56. The highest BCUT2D eigenvalue weighted by Crippen LogP contribution is 2.11. The molecule has 0 atom stereocenters. The summed E-state index contributed by atoms with van der Waals surface area (Å²) in [4.78, 5) is 19.9. The van der Waals surface area contributed by atoms with E-state index in [2.05, 4.69) is 20.4 Å². The van der Waals surface area contributed by atoms with Gasteiger partial charge in [-0.2, -0.15) is 4.98 Å². The zero-order valence-corrected chi connectivity index (χ0v) is 11.1. The van der Waals surface area contributed by atoms with Crippen molar-refractivity contribution < 1.29 is 13.7 Å². The Morgan fingerprint density at radius 2 is 2.26 bits per heavy atom. The van der Waals surface area contributed by atoms with E-state index in [9.17, 15) is 4.79 Å². The molecule has 0 saturated carbocycles. The number of aromatic nitrogens is 3. The Bertz CT molecular complexity index is 559. The van der Waals surface area contributed by atoms with E-state index in [1.165, 1.54) is 6.39 Å². The van der Waals surface area contributed by atoms with Gasteiger partial charge in [-0.3, -0.25) is 4.79 Å². The SMILES string of the molecule is CCc1ocnc1C(=O)NCc1noc(C(C)C)n1. The highest BCUT2D eigenvalue weighted by atomic mass is 16.5. The van der Waals surface area contributed by atoms with Crippen LogP contribution in [-0.4, -0.2) is 21.0 Å². The lowest BCUT2D eigenvalue weighted by atomic mass is 10.2. The van der Waals surface area contributed by atoms with Gasteiger partial charge < -0.3 is 14.3 Å². The molecule has 1 N–H and O–H groups in total. The summed E-state index contributed by atoms with van der Waals surface area (Å²) in [6, 6.07) is 0. The summed E-state index contributed by atoms with van der Waals surface area (Å²) in [7, 11) is 0. The van der Waals surface area contributed by atoms with E-state index in [1.54, 1.807) is 0 Å². The van der Waals surface area contributed by atoms with Crippen molar-refractivity contribution in [2.75, 3.05) is 0 Å². The van der Waals surface area contributed by atoms with Gasteiger partial charge in [0.1, 0.15) is 5.76 Å². The van der Waals surface area contributed by atoms with Crippen LogP contribution >= 0.6 is 0 Å². The molecule has 0 bridgehead atoms.